The summed E-state index contributed by atoms with van der Waals surface area (Å²) in [6, 6.07) is -0.245. The van der Waals surface area contributed by atoms with Crippen LogP contribution >= 0.6 is 0 Å². The molecule has 11 heteroatoms. The third-order valence-corrected chi connectivity index (χ3v) is 7.49. The summed E-state index contributed by atoms with van der Waals surface area (Å²) >= 11 is 0. The fourth-order valence-corrected chi connectivity index (χ4v) is 5.40. The minimum Gasteiger partial charge on any atom is -0.448 e. The molecule has 0 aromatic carbocycles. The maximum Gasteiger partial charge on any atom is 0.404 e. The molecule has 3 aliphatic rings. The van der Waals surface area contributed by atoms with Crippen molar-refractivity contribution in [1.82, 2.24) is 19.9 Å². The van der Waals surface area contributed by atoms with Crippen LogP contribution in [-0.4, -0.2) is 61.7 Å². The van der Waals surface area contributed by atoms with E-state index >= 15 is 0 Å². The van der Waals surface area contributed by atoms with Gasteiger partial charge in [0.2, 0.25) is 5.95 Å². The molecule has 3 N–H and O–H groups in total. The fourth-order valence-electron chi connectivity index (χ4n) is 4.09. The highest BCUT2D eigenvalue weighted by atomic mass is 32.2. The number of amides is 1. The zero-order chi connectivity index (χ0) is 22.9. The first-order chi connectivity index (χ1) is 16.0. The van der Waals surface area contributed by atoms with Gasteiger partial charge < -0.3 is 20.7 Å². The van der Waals surface area contributed by atoms with Crippen LogP contribution in [0.3, 0.4) is 0 Å². The molecule has 5 rings (SSSR count). The number of ether oxygens (including phenoxy) is 1. The van der Waals surface area contributed by atoms with Crippen LogP contribution < -0.4 is 16.0 Å². The van der Waals surface area contributed by atoms with Gasteiger partial charge in [0.25, 0.3) is 0 Å². The van der Waals surface area contributed by atoms with Crippen LogP contribution in [0.1, 0.15) is 49.2 Å². The fraction of sp³-hybridized carbons (Fsp3) is 0.500. The number of nitrogens with two attached hydrogens (primary N) is 1. The molecule has 2 atom stereocenters. The van der Waals surface area contributed by atoms with Crippen molar-refractivity contribution in [3.05, 3.63) is 35.6 Å². The van der Waals surface area contributed by atoms with Crippen LogP contribution in [0.15, 0.2) is 23.4 Å². The van der Waals surface area contributed by atoms with E-state index in [2.05, 4.69) is 26.3 Å². The summed E-state index contributed by atoms with van der Waals surface area (Å²) in [6.45, 7) is 3.32. The van der Waals surface area contributed by atoms with E-state index in [9.17, 15) is 9.00 Å². The van der Waals surface area contributed by atoms with Crippen LogP contribution in [0.4, 0.5) is 16.6 Å². The molecule has 0 spiro atoms. The summed E-state index contributed by atoms with van der Waals surface area (Å²) in [5.41, 5.74) is 8.23. The molecule has 0 radical (unpaired) electrons. The third-order valence-electron chi connectivity index (χ3n) is 6.03. The molecular formula is C22H27N7O3S. The lowest BCUT2D eigenvalue weighted by molar-refractivity contribution is 0.153. The summed E-state index contributed by atoms with van der Waals surface area (Å²) in [4.78, 5) is 32.2. The second-order valence-electron chi connectivity index (χ2n) is 8.66. The van der Waals surface area contributed by atoms with E-state index < -0.39 is 16.9 Å². The monoisotopic (exact) mass is 469 g/mol. The molecule has 10 nitrogen and oxygen atoms in total. The van der Waals surface area contributed by atoms with Crippen LogP contribution in [0, 0.1) is 0 Å². The van der Waals surface area contributed by atoms with Gasteiger partial charge in [-0.05, 0) is 43.2 Å². The number of carbonyl (C=O) groups excluding carboxylic acids is 1. The number of aryl methyl sites for hydroxylation is 1. The Labute approximate surface area is 194 Å². The summed E-state index contributed by atoms with van der Waals surface area (Å²) in [5, 5.41) is 3.22. The Morgan fingerprint density at radius 3 is 2.76 bits per heavy atom. The lowest BCUT2D eigenvalue weighted by Gasteiger charge is -2.27. The molecular weight excluding hydrogens is 442 g/mol. The van der Waals surface area contributed by atoms with Crippen LogP contribution in [0.25, 0.3) is 5.57 Å². The number of nitrogens with zero attached hydrogens (tertiary/aromatic N) is 5. The Morgan fingerprint density at radius 2 is 2.09 bits per heavy atom. The van der Waals surface area contributed by atoms with E-state index in [0.29, 0.717) is 41.3 Å². The second-order valence-corrected chi connectivity index (χ2v) is 10.2. The average Bonchev–Trinajstić information content (AvgIpc) is 3.60. The molecule has 2 aromatic heterocycles. The second kappa shape index (κ2) is 9.05. The molecule has 1 amide bonds. The summed E-state index contributed by atoms with van der Waals surface area (Å²) in [6.07, 6.45) is 9.12. The van der Waals surface area contributed by atoms with Gasteiger partial charge in [-0.3, -0.25) is 4.21 Å². The number of hydrogen-bond donors (Lipinski definition) is 2. The van der Waals surface area contributed by atoms with Gasteiger partial charge in [0.05, 0.1) is 22.5 Å². The van der Waals surface area contributed by atoms with Crippen molar-refractivity contribution in [1.29, 1.82) is 0 Å². The molecule has 0 saturated heterocycles. The van der Waals surface area contributed by atoms with E-state index in [1.807, 2.05) is 19.3 Å². The van der Waals surface area contributed by atoms with Gasteiger partial charge in [-0.25, -0.2) is 19.7 Å². The zero-order valence-electron chi connectivity index (χ0n) is 18.5. The lowest BCUT2D eigenvalue weighted by atomic mass is 10.1. The minimum absolute atomic E-state index is 0.0887. The van der Waals surface area contributed by atoms with E-state index in [0.717, 1.165) is 30.1 Å². The van der Waals surface area contributed by atoms with Gasteiger partial charge in [0.15, 0.2) is 5.82 Å². The maximum atomic E-state index is 12.5. The normalized spacial score (nSPS) is 20.7. The van der Waals surface area contributed by atoms with E-state index in [-0.39, 0.29) is 12.6 Å². The molecule has 33 heavy (non-hydrogen) atoms. The SMILES string of the molecule is C[C@@H](COC(N)=O)Nc1nc(N2CC=C(c3ncc(C4CC4)cn3)CC2)nc2c1[S@@](=O)CC2. The van der Waals surface area contributed by atoms with Crippen molar-refractivity contribution in [2.24, 2.45) is 5.73 Å². The molecule has 1 aliphatic carbocycles. The smallest absolute Gasteiger partial charge is 0.404 e. The molecule has 1 fully saturated rings. The summed E-state index contributed by atoms with van der Waals surface area (Å²) in [7, 11) is -1.15. The number of anilines is 2. The number of nitrogens with one attached hydrogen (secondary N) is 1. The predicted molar refractivity (Wildman–Crippen MR) is 124 cm³/mol. The molecule has 2 aliphatic heterocycles. The van der Waals surface area contributed by atoms with Crippen LogP contribution in [0.2, 0.25) is 0 Å². The van der Waals surface area contributed by atoms with Gasteiger partial charge in [0, 0.05) is 37.7 Å². The Kier molecular flexibility index (Phi) is 5.96. The number of hydrogen-bond acceptors (Lipinski definition) is 9. The first-order valence-electron chi connectivity index (χ1n) is 11.2. The third kappa shape index (κ3) is 4.82. The average molecular weight is 470 g/mol. The molecule has 0 bridgehead atoms. The number of primary amides is 1. The van der Waals surface area contributed by atoms with Gasteiger partial charge in [-0.2, -0.15) is 4.98 Å². The summed E-state index contributed by atoms with van der Waals surface area (Å²) < 4.78 is 17.4. The van der Waals surface area contributed by atoms with Crippen molar-refractivity contribution in [3.8, 4) is 0 Å². The maximum absolute atomic E-state index is 12.5. The van der Waals surface area contributed by atoms with E-state index in [1.54, 1.807) is 0 Å². The lowest BCUT2D eigenvalue weighted by Crippen LogP contribution is -2.31. The van der Waals surface area contributed by atoms with Gasteiger partial charge in [-0.1, -0.05) is 6.08 Å². The summed E-state index contributed by atoms with van der Waals surface area (Å²) in [5.74, 6) is 3.09. The van der Waals surface area contributed by atoms with E-state index in [1.165, 1.54) is 18.4 Å². The Morgan fingerprint density at radius 1 is 1.30 bits per heavy atom. The number of carbonyl (C=O) groups is 1. The first kappa shape index (κ1) is 21.7. The first-order valence-corrected chi connectivity index (χ1v) is 12.5. The zero-order valence-corrected chi connectivity index (χ0v) is 19.3. The highest BCUT2D eigenvalue weighted by molar-refractivity contribution is 7.85. The van der Waals surface area contributed by atoms with E-state index in [4.69, 9.17) is 20.4 Å². The van der Waals surface area contributed by atoms with Crippen LogP contribution in [-0.2, 0) is 22.0 Å². The van der Waals surface area contributed by atoms with Gasteiger partial charge >= 0.3 is 6.09 Å². The topological polar surface area (TPSA) is 136 Å². The molecule has 2 aromatic rings. The quantitative estimate of drug-likeness (QED) is 0.624. The van der Waals surface area contributed by atoms with Crippen molar-refractivity contribution in [2.75, 3.05) is 35.7 Å². The minimum atomic E-state index is -1.15. The number of rotatable bonds is 7. The highest BCUT2D eigenvalue weighted by Crippen LogP contribution is 2.39. The molecule has 4 heterocycles. The van der Waals surface area contributed by atoms with Gasteiger partial charge in [-0.15, -0.1) is 0 Å². The number of aromatic nitrogens is 4. The Bertz CT molecular complexity index is 1120. The highest BCUT2D eigenvalue weighted by Gasteiger charge is 2.29. The van der Waals surface area contributed by atoms with Crippen molar-refractivity contribution in [3.63, 3.8) is 0 Å². The Balaban J connectivity index is 1.33. The van der Waals surface area contributed by atoms with Crippen molar-refractivity contribution < 1.29 is 13.7 Å². The molecule has 0 unspecified atom stereocenters. The predicted octanol–water partition coefficient (Wildman–Crippen LogP) is 2.00. The van der Waals surface area contributed by atoms with Crippen molar-refractivity contribution >= 4 is 34.2 Å². The van der Waals surface area contributed by atoms with Gasteiger partial charge in [0.1, 0.15) is 17.3 Å². The standard InChI is InChI=1S/C22H27N7O3S/c1-13(12-32-21(23)30)26-20-18-17(6-9-33(18)31)27-22(28-20)29-7-4-15(5-8-29)19-24-10-16(11-25-19)14-2-3-14/h4,10-11,13-14H,2-3,5-9,12H2,1H3,(H2,23,30)(H,26,27,28)/t13-,33-/m0/s1. The Hall–Kier alpha value is -3.08. The van der Waals surface area contributed by atoms with Crippen molar-refractivity contribution in [2.45, 2.75) is 49.5 Å². The number of fused-ring (bicyclic) bond motifs is 1. The largest absolute Gasteiger partial charge is 0.448 e. The molecule has 174 valence electrons. The molecule has 1 saturated carbocycles. The van der Waals surface area contributed by atoms with Crippen LogP contribution in [0.5, 0.6) is 0 Å².